The van der Waals surface area contributed by atoms with Gasteiger partial charge in [0, 0.05) is 29.4 Å². The maximum atomic E-state index is 10.8. The van der Waals surface area contributed by atoms with Gasteiger partial charge < -0.3 is 28.0 Å². The molecule has 0 unspecified atom stereocenters. The first kappa shape index (κ1) is 34.2. The average molecular weight is 647 g/mol. The summed E-state index contributed by atoms with van der Waals surface area (Å²) in [7, 11) is 0. The number of amidine groups is 3. The van der Waals surface area contributed by atoms with Crippen LogP contribution in [0.2, 0.25) is 0 Å². The van der Waals surface area contributed by atoms with Crippen LogP contribution in [0, 0.1) is 10.1 Å². The molecule has 12 nitrogen and oxygen atoms in total. The third-order valence-corrected chi connectivity index (χ3v) is 9.29. The van der Waals surface area contributed by atoms with E-state index in [9.17, 15) is 14.9 Å². The first-order valence-corrected chi connectivity index (χ1v) is 16.7. The van der Waals surface area contributed by atoms with Crippen molar-refractivity contribution < 1.29 is 14.8 Å². The van der Waals surface area contributed by atoms with Crippen molar-refractivity contribution in [1.82, 2.24) is 0 Å². The zero-order valence-electron chi connectivity index (χ0n) is 23.7. The van der Waals surface area contributed by atoms with Crippen molar-refractivity contribution in [2.24, 2.45) is 37.9 Å². The normalized spacial score (nSPS) is 20.6. The second-order valence-electron chi connectivity index (χ2n) is 9.92. The minimum absolute atomic E-state index is 0.125. The number of carbonyl (C=O) groups is 1. The molecule has 15 heteroatoms. The molecule has 9 N–H and O–H groups in total. The van der Waals surface area contributed by atoms with E-state index in [2.05, 4.69) is 15.0 Å². The number of thioether (sulfide) groups is 3. The molecule has 0 fully saturated rings. The van der Waals surface area contributed by atoms with Gasteiger partial charge in [0.05, 0.1) is 28.6 Å². The summed E-state index contributed by atoms with van der Waals surface area (Å²) in [4.78, 5) is 33.8. The summed E-state index contributed by atoms with van der Waals surface area (Å²) in [6.07, 6.45) is 4.88. The molecule has 0 saturated heterocycles. The van der Waals surface area contributed by atoms with Gasteiger partial charge in [-0.25, -0.2) is 4.79 Å². The van der Waals surface area contributed by atoms with E-state index < -0.39 is 5.97 Å². The van der Waals surface area contributed by atoms with Crippen molar-refractivity contribution in [1.29, 1.82) is 0 Å². The Labute approximate surface area is 263 Å². The monoisotopic (exact) mass is 646 g/mol. The summed E-state index contributed by atoms with van der Waals surface area (Å²) in [5.74, 6) is 1.90. The van der Waals surface area contributed by atoms with Gasteiger partial charge in [0.1, 0.15) is 0 Å². The second-order valence-corrected chi connectivity index (χ2v) is 13.0. The van der Waals surface area contributed by atoms with Crippen LogP contribution >= 0.6 is 35.3 Å². The van der Waals surface area contributed by atoms with Crippen LogP contribution in [0.5, 0.6) is 0 Å². The fourth-order valence-corrected chi connectivity index (χ4v) is 6.75. The summed E-state index contributed by atoms with van der Waals surface area (Å²) in [5.41, 5.74) is 24.4. The van der Waals surface area contributed by atoms with E-state index in [1.54, 1.807) is 53.9 Å². The molecule has 3 atom stereocenters. The number of nitro benzene ring substituents is 1. The van der Waals surface area contributed by atoms with Crippen LogP contribution in [-0.2, 0) is 12.8 Å². The third kappa shape index (κ3) is 12.5. The Morgan fingerprint density at radius 2 is 1.35 bits per heavy atom. The quantitative estimate of drug-likeness (QED) is 0.143. The summed E-state index contributed by atoms with van der Waals surface area (Å²) >= 11 is 4.74. The Morgan fingerprint density at radius 1 is 0.837 bits per heavy atom. The van der Waals surface area contributed by atoms with Crippen molar-refractivity contribution in [2.45, 2.75) is 50.2 Å². The van der Waals surface area contributed by atoms with Crippen LogP contribution in [0.3, 0.4) is 0 Å². The van der Waals surface area contributed by atoms with Crippen LogP contribution in [-0.4, -0.2) is 73.4 Å². The highest BCUT2D eigenvalue weighted by atomic mass is 32.2. The molecular formula is C28H38N8O4S3. The van der Waals surface area contributed by atoms with Crippen LogP contribution in [0.4, 0.5) is 5.69 Å². The first-order chi connectivity index (χ1) is 20.6. The Hall–Kier alpha value is -3.27. The zero-order chi connectivity index (χ0) is 31.2. The molecule has 0 radical (unpaired) electrons. The molecule has 3 aliphatic rings. The number of unbranched alkanes of at least 4 members (excludes halogenated alkanes) is 1. The number of carboxylic acid groups (broad SMARTS) is 1. The van der Waals surface area contributed by atoms with E-state index in [1.165, 1.54) is 24.2 Å². The number of carboxylic acids is 1. The lowest BCUT2D eigenvalue weighted by atomic mass is 10.0. The number of rotatable bonds is 10. The highest BCUT2D eigenvalue weighted by molar-refractivity contribution is 8.14. The fraction of sp³-hybridized carbons (Fsp3) is 0.429. The van der Waals surface area contributed by atoms with Crippen LogP contribution in [0.25, 0.3) is 0 Å². The molecule has 2 aromatic rings. The van der Waals surface area contributed by atoms with E-state index in [0.717, 1.165) is 59.4 Å². The molecule has 0 spiro atoms. The van der Waals surface area contributed by atoms with Gasteiger partial charge in [-0.15, -0.1) is 0 Å². The van der Waals surface area contributed by atoms with E-state index in [1.807, 2.05) is 12.1 Å². The van der Waals surface area contributed by atoms with Crippen molar-refractivity contribution in [3.63, 3.8) is 0 Å². The van der Waals surface area contributed by atoms with Crippen LogP contribution in [0.1, 0.15) is 40.7 Å². The van der Waals surface area contributed by atoms with Crippen molar-refractivity contribution in [2.75, 3.05) is 23.8 Å². The van der Waals surface area contributed by atoms with E-state index in [-0.39, 0.29) is 22.7 Å². The summed E-state index contributed by atoms with van der Waals surface area (Å²) < 4.78 is 0. The predicted molar refractivity (Wildman–Crippen MR) is 180 cm³/mol. The molecule has 232 valence electrons. The summed E-state index contributed by atoms with van der Waals surface area (Å²) in [6.45, 7) is 0.791. The van der Waals surface area contributed by atoms with Gasteiger partial charge in [0.25, 0.3) is 5.69 Å². The summed E-state index contributed by atoms with van der Waals surface area (Å²) in [6, 6.07) is 14.4. The minimum Gasteiger partial charge on any atom is -0.478 e. The number of hydrogen-bond donors (Lipinski definition) is 5. The highest BCUT2D eigenvalue weighted by Gasteiger charge is 2.18. The number of aliphatic imine (C=N–C) groups is 3. The number of nitrogens with zero attached hydrogens (tertiary/aromatic N) is 4. The molecule has 2 aromatic carbocycles. The van der Waals surface area contributed by atoms with Crippen molar-refractivity contribution in [3.05, 3.63) is 75.3 Å². The van der Waals surface area contributed by atoms with Gasteiger partial charge >= 0.3 is 5.97 Å². The number of nitrogens with two attached hydrogens (primary N) is 4. The minimum atomic E-state index is -0.898. The molecule has 3 heterocycles. The molecular weight excluding hydrogens is 609 g/mol. The van der Waals surface area contributed by atoms with Gasteiger partial charge in [-0.3, -0.25) is 25.1 Å². The van der Waals surface area contributed by atoms with Gasteiger partial charge in [0.2, 0.25) is 0 Å². The van der Waals surface area contributed by atoms with Gasteiger partial charge in [-0.05, 0) is 55.5 Å². The Bertz CT molecular complexity index is 1260. The number of nitro groups is 1. The Kier molecular flexibility index (Phi) is 14.1. The fourth-order valence-electron chi connectivity index (χ4n) is 4.36. The van der Waals surface area contributed by atoms with Gasteiger partial charge in [-0.1, -0.05) is 66.0 Å². The molecule has 3 aliphatic heterocycles. The zero-order valence-corrected chi connectivity index (χ0v) is 26.2. The molecule has 0 amide bonds. The molecule has 0 aromatic heterocycles. The molecule has 5 rings (SSSR count). The number of hydrogen-bond acceptors (Lipinski definition) is 13. The molecule has 0 saturated carbocycles. The second kappa shape index (κ2) is 17.8. The topological polar surface area (TPSA) is 222 Å². The van der Waals surface area contributed by atoms with E-state index in [4.69, 9.17) is 28.0 Å². The predicted octanol–water partition coefficient (Wildman–Crippen LogP) is 3.47. The number of benzene rings is 2. The largest absolute Gasteiger partial charge is 0.478 e. The summed E-state index contributed by atoms with van der Waals surface area (Å²) in [5, 5.41) is 21.4. The maximum Gasteiger partial charge on any atom is 0.335 e. The standard InChI is InChI=1S/C11H12N2O2S.C10H11N3O2S.C7H15N3S/c12-11-13-9(6-16-11)5-7-2-1-3-8(4-7)10(14)15;11-10-12-8(6-16-10)4-7-2-1-3-9(5-7)13(14)15;8-4-2-1-3-6-5-11-7(9)10-6/h1-4,9H,5-6H2,(H2,12,13)(H,14,15);1-3,5,8H,4,6H2,(H2,11,12);6H,1-5,8H2,(H2,9,10)/t9-;8-;6-/m101/s1. The Morgan fingerprint density at radius 3 is 1.81 bits per heavy atom. The maximum absolute atomic E-state index is 10.8. The van der Waals surface area contributed by atoms with Crippen molar-refractivity contribution in [3.8, 4) is 0 Å². The van der Waals surface area contributed by atoms with Crippen LogP contribution in [0.15, 0.2) is 63.5 Å². The molecule has 0 aliphatic carbocycles. The van der Waals surface area contributed by atoms with E-state index in [0.29, 0.717) is 28.4 Å². The van der Waals surface area contributed by atoms with E-state index >= 15 is 0 Å². The lowest BCUT2D eigenvalue weighted by Gasteiger charge is -2.06. The lowest BCUT2D eigenvalue weighted by molar-refractivity contribution is -0.384. The molecule has 43 heavy (non-hydrogen) atoms. The van der Waals surface area contributed by atoms with Crippen LogP contribution < -0.4 is 22.9 Å². The number of aromatic carboxylic acids is 1. The average Bonchev–Trinajstić information content (AvgIpc) is 3.71. The smallest absolute Gasteiger partial charge is 0.335 e. The highest BCUT2D eigenvalue weighted by Crippen LogP contribution is 2.22. The number of non-ortho nitro benzene ring substituents is 1. The lowest BCUT2D eigenvalue weighted by Crippen LogP contribution is -2.09. The van der Waals surface area contributed by atoms with Crippen molar-refractivity contribution >= 4 is 62.4 Å². The third-order valence-electron chi connectivity index (χ3n) is 6.43. The first-order valence-electron chi connectivity index (χ1n) is 13.8. The SMILES string of the molecule is NC1=N[C@@H](Cc2cccc([N+](=O)[O-])c2)CS1.NC1=N[C@H](Cc2cccc(C(=O)O)c2)CS1.NCCCC[C@@H]1CSC(N)=N1. The Balaban J connectivity index is 0.000000180. The van der Waals surface area contributed by atoms with Gasteiger partial charge in [0.15, 0.2) is 15.5 Å². The van der Waals surface area contributed by atoms with Gasteiger partial charge in [-0.2, -0.15) is 0 Å². The molecule has 0 bridgehead atoms.